The lowest BCUT2D eigenvalue weighted by atomic mass is 10.2. The standard InChI is InChI=1S/C14H12ClN5S/c1-8-4-3-5-10-12(8)20(2)11(18-10)7-17-14-9(6-16)13(15)19-21-14/h3-5,17H,7H2,1-2H3. The predicted octanol–water partition coefficient (Wildman–Crippen LogP) is 3.48. The summed E-state index contributed by atoms with van der Waals surface area (Å²) in [6, 6.07) is 8.12. The summed E-state index contributed by atoms with van der Waals surface area (Å²) >= 11 is 7.04. The van der Waals surface area contributed by atoms with E-state index >= 15 is 0 Å². The molecule has 0 atom stereocenters. The van der Waals surface area contributed by atoms with E-state index < -0.39 is 0 Å². The molecule has 0 aliphatic carbocycles. The van der Waals surface area contributed by atoms with E-state index in [2.05, 4.69) is 38.3 Å². The van der Waals surface area contributed by atoms with Crippen LogP contribution >= 0.6 is 23.1 Å². The Kier molecular flexibility index (Phi) is 3.53. The number of halogens is 1. The van der Waals surface area contributed by atoms with Crippen molar-refractivity contribution in [3.63, 3.8) is 0 Å². The molecule has 0 saturated heterocycles. The summed E-state index contributed by atoms with van der Waals surface area (Å²) in [5.41, 5.74) is 3.66. The first kappa shape index (κ1) is 13.9. The van der Waals surface area contributed by atoms with Crippen LogP contribution in [0.4, 0.5) is 5.00 Å². The number of aromatic nitrogens is 3. The van der Waals surface area contributed by atoms with Crippen LogP contribution < -0.4 is 5.32 Å². The number of imidazole rings is 1. The quantitative estimate of drug-likeness (QED) is 0.803. The summed E-state index contributed by atoms with van der Waals surface area (Å²) in [6.07, 6.45) is 0. The van der Waals surface area contributed by atoms with Crippen molar-refractivity contribution in [2.24, 2.45) is 7.05 Å². The van der Waals surface area contributed by atoms with Crippen molar-refractivity contribution in [2.45, 2.75) is 13.5 Å². The lowest BCUT2D eigenvalue weighted by Crippen LogP contribution is -2.06. The summed E-state index contributed by atoms with van der Waals surface area (Å²) < 4.78 is 6.04. The van der Waals surface area contributed by atoms with Crippen LogP contribution in [-0.2, 0) is 13.6 Å². The van der Waals surface area contributed by atoms with Crippen LogP contribution in [0.3, 0.4) is 0 Å². The molecule has 3 rings (SSSR count). The molecule has 1 N–H and O–H groups in total. The van der Waals surface area contributed by atoms with E-state index in [0.29, 0.717) is 17.1 Å². The number of para-hydroxylation sites is 1. The van der Waals surface area contributed by atoms with Crippen LogP contribution in [0, 0.1) is 18.3 Å². The fourth-order valence-electron chi connectivity index (χ4n) is 2.32. The van der Waals surface area contributed by atoms with E-state index in [0.717, 1.165) is 16.9 Å². The van der Waals surface area contributed by atoms with Crippen molar-refractivity contribution in [1.29, 1.82) is 5.26 Å². The second-order valence-corrected chi connectivity index (χ2v) is 5.80. The Morgan fingerprint density at radius 3 is 3.00 bits per heavy atom. The van der Waals surface area contributed by atoms with Crippen molar-refractivity contribution in [3.8, 4) is 6.07 Å². The van der Waals surface area contributed by atoms with Gasteiger partial charge >= 0.3 is 0 Å². The van der Waals surface area contributed by atoms with E-state index in [1.807, 2.05) is 19.2 Å². The molecule has 0 spiro atoms. The zero-order valence-corrected chi connectivity index (χ0v) is 13.1. The molecule has 0 fully saturated rings. The Morgan fingerprint density at radius 1 is 1.48 bits per heavy atom. The number of nitrogens with one attached hydrogen (secondary N) is 1. The van der Waals surface area contributed by atoms with Crippen LogP contribution in [0.25, 0.3) is 11.0 Å². The van der Waals surface area contributed by atoms with Gasteiger partial charge < -0.3 is 9.88 Å². The first-order chi connectivity index (χ1) is 10.1. The maximum absolute atomic E-state index is 9.06. The molecule has 2 heterocycles. The lowest BCUT2D eigenvalue weighted by Gasteiger charge is -2.05. The van der Waals surface area contributed by atoms with Gasteiger partial charge in [0.2, 0.25) is 0 Å². The molecular weight excluding hydrogens is 306 g/mol. The summed E-state index contributed by atoms with van der Waals surface area (Å²) in [6.45, 7) is 2.58. The third-order valence-corrected chi connectivity index (χ3v) is 4.54. The molecule has 0 unspecified atom stereocenters. The topological polar surface area (TPSA) is 66.5 Å². The van der Waals surface area contributed by atoms with Crippen LogP contribution in [0.1, 0.15) is 17.0 Å². The van der Waals surface area contributed by atoms with Crippen molar-refractivity contribution < 1.29 is 0 Å². The molecular formula is C14H12ClN5S. The fourth-order valence-corrected chi connectivity index (χ4v) is 3.25. The Bertz CT molecular complexity index is 858. The van der Waals surface area contributed by atoms with Gasteiger partial charge in [0.1, 0.15) is 22.5 Å². The van der Waals surface area contributed by atoms with Gasteiger partial charge in [-0.05, 0) is 30.1 Å². The largest absolute Gasteiger partial charge is 0.367 e. The maximum atomic E-state index is 9.06. The lowest BCUT2D eigenvalue weighted by molar-refractivity contribution is 0.834. The summed E-state index contributed by atoms with van der Waals surface area (Å²) in [5, 5.41) is 13.2. The summed E-state index contributed by atoms with van der Waals surface area (Å²) in [4.78, 5) is 4.62. The van der Waals surface area contributed by atoms with Crippen LogP contribution in [0.2, 0.25) is 5.15 Å². The molecule has 2 aromatic heterocycles. The van der Waals surface area contributed by atoms with Gasteiger partial charge in [0.05, 0.1) is 17.6 Å². The zero-order chi connectivity index (χ0) is 15.0. The third-order valence-electron chi connectivity index (χ3n) is 3.36. The molecule has 0 saturated carbocycles. The number of aryl methyl sites for hydroxylation is 2. The Labute approximate surface area is 131 Å². The van der Waals surface area contributed by atoms with E-state index in [4.69, 9.17) is 16.9 Å². The minimum atomic E-state index is 0.242. The molecule has 0 amide bonds. The van der Waals surface area contributed by atoms with E-state index in [1.54, 1.807) is 0 Å². The second kappa shape index (κ2) is 5.35. The Morgan fingerprint density at radius 2 is 2.29 bits per heavy atom. The number of nitrogens with zero attached hydrogens (tertiary/aromatic N) is 4. The maximum Gasteiger partial charge on any atom is 0.162 e. The van der Waals surface area contributed by atoms with Gasteiger partial charge in [-0.1, -0.05) is 23.7 Å². The van der Waals surface area contributed by atoms with Gasteiger partial charge in [-0.25, -0.2) is 4.98 Å². The van der Waals surface area contributed by atoms with E-state index in [1.165, 1.54) is 17.1 Å². The molecule has 7 heteroatoms. The number of benzene rings is 1. The van der Waals surface area contributed by atoms with Gasteiger partial charge in [0.25, 0.3) is 0 Å². The fraction of sp³-hybridized carbons (Fsp3) is 0.214. The monoisotopic (exact) mass is 317 g/mol. The number of nitriles is 1. The highest BCUT2D eigenvalue weighted by atomic mass is 35.5. The van der Waals surface area contributed by atoms with Gasteiger partial charge in [0.15, 0.2) is 5.15 Å². The average Bonchev–Trinajstić information content (AvgIpc) is 2.98. The van der Waals surface area contributed by atoms with Crippen molar-refractivity contribution >= 4 is 39.2 Å². The highest BCUT2D eigenvalue weighted by molar-refractivity contribution is 7.10. The van der Waals surface area contributed by atoms with Gasteiger partial charge in [-0.15, -0.1) is 0 Å². The normalized spacial score (nSPS) is 10.8. The second-order valence-electron chi connectivity index (χ2n) is 4.67. The minimum Gasteiger partial charge on any atom is -0.367 e. The molecule has 0 radical (unpaired) electrons. The number of hydrogen-bond donors (Lipinski definition) is 1. The van der Waals surface area contributed by atoms with Gasteiger partial charge in [-0.3, -0.25) is 0 Å². The molecule has 106 valence electrons. The van der Waals surface area contributed by atoms with Crippen LogP contribution in [0.15, 0.2) is 18.2 Å². The Balaban J connectivity index is 1.91. The van der Waals surface area contributed by atoms with Crippen molar-refractivity contribution in [1.82, 2.24) is 13.9 Å². The molecule has 0 bridgehead atoms. The predicted molar refractivity (Wildman–Crippen MR) is 84.6 cm³/mol. The highest BCUT2D eigenvalue weighted by Crippen LogP contribution is 2.28. The first-order valence-corrected chi connectivity index (χ1v) is 7.47. The van der Waals surface area contributed by atoms with Crippen molar-refractivity contribution in [2.75, 3.05) is 5.32 Å². The van der Waals surface area contributed by atoms with E-state index in [-0.39, 0.29) is 5.15 Å². The molecule has 0 aliphatic heterocycles. The number of rotatable bonds is 3. The number of hydrogen-bond acceptors (Lipinski definition) is 5. The van der Waals surface area contributed by atoms with Gasteiger partial charge in [-0.2, -0.15) is 9.64 Å². The van der Waals surface area contributed by atoms with Crippen molar-refractivity contribution in [3.05, 3.63) is 40.3 Å². The minimum absolute atomic E-state index is 0.242. The molecule has 3 aromatic rings. The molecule has 0 aliphatic rings. The number of anilines is 1. The third kappa shape index (κ3) is 2.35. The smallest absolute Gasteiger partial charge is 0.162 e. The van der Waals surface area contributed by atoms with Crippen LogP contribution in [0.5, 0.6) is 0 Å². The first-order valence-electron chi connectivity index (χ1n) is 6.32. The molecule has 1 aromatic carbocycles. The zero-order valence-electron chi connectivity index (χ0n) is 11.5. The molecule has 21 heavy (non-hydrogen) atoms. The molecule has 5 nitrogen and oxygen atoms in total. The number of fused-ring (bicyclic) bond motifs is 1. The van der Waals surface area contributed by atoms with Gasteiger partial charge in [0, 0.05) is 7.05 Å². The van der Waals surface area contributed by atoms with E-state index in [9.17, 15) is 0 Å². The Hall–Kier alpha value is -2.10. The summed E-state index contributed by atoms with van der Waals surface area (Å²) in [5.74, 6) is 0.896. The SMILES string of the molecule is Cc1cccc2nc(CNc3snc(Cl)c3C#N)n(C)c12. The van der Waals surface area contributed by atoms with Crippen LogP contribution in [-0.4, -0.2) is 13.9 Å². The summed E-state index contributed by atoms with van der Waals surface area (Å²) in [7, 11) is 1.99. The average molecular weight is 318 g/mol. The highest BCUT2D eigenvalue weighted by Gasteiger charge is 2.13.